The molecule has 0 heterocycles. The van der Waals surface area contributed by atoms with Gasteiger partial charge in [0.25, 0.3) is 0 Å². The molecule has 1 aromatic carbocycles. The lowest BCUT2D eigenvalue weighted by atomic mass is 10.1. The van der Waals surface area contributed by atoms with Crippen molar-refractivity contribution in [3.8, 4) is 0 Å². The number of nitrogens with one attached hydrogen (secondary N) is 1. The van der Waals surface area contributed by atoms with Gasteiger partial charge in [0.05, 0.1) is 0 Å². The van der Waals surface area contributed by atoms with Gasteiger partial charge in [-0.1, -0.05) is 36.7 Å². The Hall–Kier alpha value is -0.740. The van der Waals surface area contributed by atoms with Crippen LogP contribution in [0.4, 0.5) is 5.69 Å². The standard InChI is InChI=1S/C15H22N2S2/c1-11-5-6-13(12(9-11)14(16)18)17-10-15(19-2)7-3-4-8-15/h5-6,9,17H,3-4,7-8,10H2,1-2H3,(H2,16,18). The highest BCUT2D eigenvalue weighted by atomic mass is 32.2. The molecule has 0 bridgehead atoms. The van der Waals surface area contributed by atoms with E-state index in [1.165, 1.54) is 31.2 Å². The summed E-state index contributed by atoms with van der Waals surface area (Å²) in [5, 5.41) is 3.57. The molecule has 1 aromatic rings. The van der Waals surface area contributed by atoms with Crippen LogP contribution in [0, 0.1) is 6.92 Å². The molecule has 3 N–H and O–H groups in total. The Labute approximate surface area is 125 Å². The highest BCUT2D eigenvalue weighted by Crippen LogP contribution is 2.40. The van der Waals surface area contributed by atoms with Crippen molar-refractivity contribution in [3.05, 3.63) is 29.3 Å². The second kappa shape index (κ2) is 6.14. The van der Waals surface area contributed by atoms with Gasteiger partial charge >= 0.3 is 0 Å². The Morgan fingerprint density at radius 3 is 2.68 bits per heavy atom. The molecule has 0 saturated heterocycles. The molecule has 2 rings (SSSR count). The number of hydrogen-bond acceptors (Lipinski definition) is 3. The lowest BCUT2D eigenvalue weighted by Gasteiger charge is -2.28. The van der Waals surface area contributed by atoms with Crippen molar-refractivity contribution in [1.29, 1.82) is 0 Å². The zero-order valence-electron chi connectivity index (χ0n) is 11.7. The van der Waals surface area contributed by atoms with Crippen molar-refractivity contribution in [2.75, 3.05) is 18.1 Å². The van der Waals surface area contributed by atoms with E-state index in [0.717, 1.165) is 17.8 Å². The summed E-state index contributed by atoms with van der Waals surface area (Å²) in [5.41, 5.74) is 9.04. The molecule has 0 aliphatic heterocycles. The number of benzene rings is 1. The summed E-state index contributed by atoms with van der Waals surface area (Å²) < 4.78 is 0.387. The summed E-state index contributed by atoms with van der Waals surface area (Å²) in [6.07, 6.45) is 7.51. The first-order valence-electron chi connectivity index (χ1n) is 6.76. The van der Waals surface area contributed by atoms with Gasteiger partial charge in [-0.25, -0.2) is 0 Å². The van der Waals surface area contributed by atoms with E-state index in [1.807, 2.05) is 11.8 Å². The van der Waals surface area contributed by atoms with Crippen molar-refractivity contribution in [2.24, 2.45) is 5.73 Å². The van der Waals surface area contributed by atoms with Crippen molar-refractivity contribution in [1.82, 2.24) is 0 Å². The summed E-state index contributed by atoms with van der Waals surface area (Å²) in [6.45, 7) is 3.05. The number of thioether (sulfide) groups is 1. The maximum atomic E-state index is 5.82. The minimum atomic E-state index is 0.387. The Morgan fingerprint density at radius 2 is 2.11 bits per heavy atom. The number of aryl methyl sites for hydroxylation is 1. The van der Waals surface area contributed by atoms with E-state index in [1.54, 1.807) is 0 Å². The average molecular weight is 294 g/mol. The normalized spacial score (nSPS) is 17.4. The van der Waals surface area contributed by atoms with Crippen LogP contribution in [0.3, 0.4) is 0 Å². The van der Waals surface area contributed by atoms with Crippen molar-refractivity contribution < 1.29 is 0 Å². The molecule has 1 aliphatic rings. The monoisotopic (exact) mass is 294 g/mol. The van der Waals surface area contributed by atoms with Crippen LogP contribution in [0.2, 0.25) is 0 Å². The third kappa shape index (κ3) is 3.42. The van der Waals surface area contributed by atoms with Crippen molar-refractivity contribution >= 4 is 34.7 Å². The third-order valence-corrected chi connectivity index (χ3v) is 5.63. The molecule has 0 unspecified atom stereocenters. The molecule has 0 amide bonds. The second-order valence-electron chi connectivity index (χ2n) is 5.36. The molecule has 4 heteroatoms. The van der Waals surface area contributed by atoms with Gasteiger partial charge in [0.2, 0.25) is 0 Å². The highest BCUT2D eigenvalue weighted by Gasteiger charge is 2.32. The van der Waals surface area contributed by atoms with Gasteiger partial charge in [-0.05, 0) is 38.2 Å². The minimum absolute atomic E-state index is 0.387. The topological polar surface area (TPSA) is 38.0 Å². The zero-order chi connectivity index (χ0) is 13.9. The Bertz CT molecular complexity index is 465. The molecular weight excluding hydrogens is 272 g/mol. The van der Waals surface area contributed by atoms with Crippen LogP contribution >= 0.6 is 24.0 Å². The lowest BCUT2D eigenvalue weighted by Crippen LogP contribution is -2.30. The maximum Gasteiger partial charge on any atom is 0.106 e. The summed E-state index contributed by atoms with van der Waals surface area (Å²) >= 11 is 7.14. The van der Waals surface area contributed by atoms with Gasteiger partial charge < -0.3 is 11.1 Å². The van der Waals surface area contributed by atoms with Crippen molar-refractivity contribution in [3.63, 3.8) is 0 Å². The van der Waals surface area contributed by atoms with Crippen LogP contribution in [-0.4, -0.2) is 22.5 Å². The van der Waals surface area contributed by atoms with E-state index in [0.29, 0.717) is 9.74 Å². The van der Waals surface area contributed by atoms with Crippen LogP contribution in [0.15, 0.2) is 18.2 Å². The van der Waals surface area contributed by atoms with Crippen LogP contribution in [0.1, 0.15) is 36.8 Å². The molecule has 1 saturated carbocycles. The summed E-state index contributed by atoms with van der Waals surface area (Å²) in [5.74, 6) is 0. The SMILES string of the molecule is CSC1(CNc2ccc(C)cc2C(N)=S)CCCC1. The van der Waals surface area contributed by atoms with Gasteiger partial charge in [0.1, 0.15) is 4.99 Å². The van der Waals surface area contributed by atoms with E-state index in [-0.39, 0.29) is 0 Å². The summed E-state index contributed by atoms with van der Waals surface area (Å²) in [6, 6.07) is 6.25. The van der Waals surface area contributed by atoms with Gasteiger partial charge in [0.15, 0.2) is 0 Å². The largest absolute Gasteiger partial charge is 0.389 e. The number of hydrogen-bond donors (Lipinski definition) is 2. The van der Waals surface area contributed by atoms with E-state index < -0.39 is 0 Å². The Kier molecular flexibility index (Phi) is 4.74. The lowest BCUT2D eigenvalue weighted by molar-refractivity contribution is 0.640. The predicted molar refractivity (Wildman–Crippen MR) is 90.3 cm³/mol. The third-order valence-electron chi connectivity index (χ3n) is 3.99. The van der Waals surface area contributed by atoms with Crippen LogP contribution in [-0.2, 0) is 0 Å². The highest BCUT2D eigenvalue weighted by molar-refractivity contribution is 8.00. The first kappa shape index (κ1) is 14.7. The molecule has 0 aromatic heterocycles. The van der Waals surface area contributed by atoms with Crippen LogP contribution in [0.25, 0.3) is 0 Å². The van der Waals surface area contributed by atoms with Crippen LogP contribution in [0.5, 0.6) is 0 Å². The summed E-state index contributed by atoms with van der Waals surface area (Å²) in [7, 11) is 0. The molecule has 2 nitrogen and oxygen atoms in total. The first-order valence-corrected chi connectivity index (χ1v) is 8.39. The van der Waals surface area contributed by atoms with E-state index >= 15 is 0 Å². The fourth-order valence-electron chi connectivity index (χ4n) is 2.74. The smallest absolute Gasteiger partial charge is 0.106 e. The van der Waals surface area contributed by atoms with Gasteiger partial charge in [-0.2, -0.15) is 11.8 Å². The number of nitrogens with two attached hydrogens (primary N) is 1. The minimum Gasteiger partial charge on any atom is -0.389 e. The summed E-state index contributed by atoms with van der Waals surface area (Å²) in [4.78, 5) is 0.468. The maximum absolute atomic E-state index is 5.82. The molecule has 19 heavy (non-hydrogen) atoms. The second-order valence-corrected chi connectivity index (χ2v) is 7.08. The van der Waals surface area contributed by atoms with Gasteiger partial charge in [0, 0.05) is 22.5 Å². The quantitative estimate of drug-likeness (QED) is 0.812. The molecular formula is C15H22N2S2. The van der Waals surface area contributed by atoms with E-state index in [9.17, 15) is 0 Å². The average Bonchev–Trinajstić information content (AvgIpc) is 2.86. The number of rotatable bonds is 5. The number of anilines is 1. The molecule has 1 aliphatic carbocycles. The van der Waals surface area contributed by atoms with Gasteiger partial charge in [-0.15, -0.1) is 0 Å². The molecule has 1 fully saturated rings. The van der Waals surface area contributed by atoms with E-state index in [2.05, 4.69) is 36.7 Å². The first-order chi connectivity index (χ1) is 9.06. The molecule has 0 atom stereocenters. The number of thiocarbonyl (C=S) groups is 1. The molecule has 0 radical (unpaired) electrons. The Balaban J connectivity index is 2.13. The fraction of sp³-hybridized carbons (Fsp3) is 0.533. The predicted octanol–water partition coefficient (Wildman–Crippen LogP) is 3.72. The molecule has 104 valence electrons. The van der Waals surface area contributed by atoms with Crippen LogP contribution < -0.4 is 11.1 Å². The van der Waals surface area contributed by atoms with E-state index in [4.69, 9.17) is 18.0 Å². The fourth-order valence-corrected chi connectivity index (χ4v) is 3.83. The zero-order valence-corrected chi connectivity index (χ0v) is 13.3. The van der Waals surface area contributed by atoms with Crippen molar-refractivity contribution in [2.45, 2.75) is 37.4 Å². The van der Waals surface area contributed by atoms with Gasteiger partial charge in [-0.3, -0.25) is 0 Å². The Morgan fingerprint density at radius 1 is 1.42 bits per heavy atom. The molecule has 0 spiro atoms.